The smallest absolute Gasteiger partial charge is 0.127 e. The predicted octanol–water partition coefficient (Wildman–Crippen LogP) is 3.76. The van der Waals surface area contributed by atoms with E-state index in [4.69, 9.17) is 0 Å². The first kappa shape index (κ1) is 12.8. The minimum Gasteiger partial charge on any atom is -0.316 e. The van der Waals surface area contributed by atoms with Gasteiger partial charge in [0.05, 0.1) is 0 Å². The van der Waals surface area contributed by atoms with Crippen LogP contribution in [0.3, 0.4) is 0 Å². The molecule has 0 fully saturated rings. The fraction of sp³-hybridized carbons (Fsp3) is 0.118. The molecule has 1 heterocycles. The number of benzene rings is 2. The van der Waals surface area contributed by atoms with Crippen LogP contribution in [0.5, 0.6) is 0 Å². The lowest BCUT2D eigenvalue weighted by Crippen LogP contribution is -2.07. The van der Waals surface area contributed by atoms with Gasteiger partial charge in [-0.25, -0.2) is 4.39 Å². The topological polar surface area (TPSA) is 24.9 Å². The molecular weight excluding hydrogens is 251 g/mol. The van der Waals surface area contributed by atoms with Gasteiger partial charge in [0, 0.05) is 35.5 Å². The average Bonchev–Trinajstić information content (AvgIpc) is 2.49. The Morgan fingerprint density at radius 2 is 1.95 bits per heavy atom. The SMILES string of the molecule is CNCc1cc(-c2cncc3ccccc23)ccc1F. The molecule has 3 rings (SSSR count). The summed E-state index contributed by atoms with van der Waals surface area (Å²) in [6, 6.07) is 13.3. The van der Waals surface area contributed by atoms with Crippen LogP contribution in [0.4, 0.5) is 4.39 Å². The molecule has 0 aliphatic carbocycles. The minimum atomic E-state index is -0.184. The molecule has 0 saturated carbocycles. The maximum Gasteiger partial charge on any atom is 0.127 e. The second-order valence-corrected chi connectivity index (χ2v) is 4.74. The number of pyridine rings is 1. The van der Waals surface area contributed by atoms with Gasteiger partial charge in [0.25, 0.3) is 0 Å². The van der Waals surface area contributed by atoms with E-state index in [0.717, 1.165) is 21.9 Å². The summed E-state index contributed by atoms with van der Waals surface area (Å²) in [5, 5.41) is 5.20. The van der Waals surface area contributed by atoms with Gasteiger partial charge in [-0.1, -0.05) is 30.3 Å². The first-order chi connectivity index (χ1) is 9.79. The molecule has 0 spiro atoms. The van der Waals surface area contributed by atoms with E-state index >= 15 is 0 Å². The number of aromatic nitrogens is 1. The Bertz CT molecular complexity index is 748. The van der Waals surface area contributed by atoms with Crippen LogP contribution in [-0.4, -0.2) is 12.0 Å². The molecule has 0 radical (unpaired) electrons. The van der Waals surface area contributed by atoms with Crippen LogP contribution in [0, 0.1) is 5.82 Å². The van der Waals surface area contributed by atoms with E-state index in [-0.39, 0.29) is 5.82 Å². The molecular formula is C17H15FN2. The van der Waals surface area contributed by atoms with Crippen LogP contribution in [0.15, 0.2) is 54.9 Å². The summed E-state index contributed by atoms with van der Waals surface area (Å²) < 4.78 is 13.7. The molecule has 0 unspecified atom stereocenters. The number of nitrogens with one attached hydrogen (secondary N) is 1. The zero-order valence-electron chi connectivity index (χ0n) is 11.2. The Morgan fingerprint density at radius 3 is 2.80 bits per heavy atom. The summed E-state index contributed by atoms with van der Waals surface area (Å²) in [6.45, 7) is 0.512. The average molecular weight is 266 g/mol. The van der Waals surface area contributed by atoms with Crippen LogP contribution >= 0.6 is 0 Å². The molecule has 3 aromatic rings. The number of halogens is 1. The van der Waals surface area contributed by atoms with E-state index in [2.05, 4.69) is 16.4 Å². The summed E-state index contributed by atoms with van der Waals surface area (Å²) in [5.41, 5.74) is 2.68. The van der Waals surface area contributed by atoms with Gasteiger partial charge in [-0.2, -0.15) is 0 Å². The Balaban J connectivity index is 2.18. The van der Waals surface area contributed by atoms with Gasteiger partial charge in [0.2, 0.25) is 0 Å². The summed E-state index contributed by atoms with van der Waals surface area (Å²) in [5.74, 6) is -0.184. The van der Waals surface area contributed by atoms with E-state index in [1.165, 1.54) is 6.07 Å². The van der Waals surface area contributed by atoms with Gasteiger partial charge >= 0.3 is 0 Å². The van der Waals surface area contributed by atoms with E-state index in [1.54, 1.807) is 6.07 Å². The van der Waals surface area contributed by atoms with Crippen LogP contribution in [-0.2, 0) is 6.54 Å². The van der Waals surface area contributed by atoms with Crippen molar-refractivity contribution in [2.75, 3.05) is 7.05 Å². The molecule has 1 aromatic heterocycles. The molecule has 0 amide bonds. The number of hydrogen-bond acceptors (Lipinski definition) is 2. The quantitative estimate of drug-likeness (QED) is 0.780. The Kier molecular flexibility index (Phi) is 3.44. The summed E-state index contributed by atoms with van der Waals surface area (Å²) in [6.07, 6.45) is 3.68. The highest BCUT2D eigenvalue weighted by Gasteiger charge is 2.07. The highest BCUT2D eigenvalue weighted by atomic mass is 19.1. The van der Waals surface area contributed by atoms with Gasteiger partial charge in [-0.15, -0.1) is 0 Å². The lowest BCUT2D eigenvalue weighted by atomic mass is 9.99. The monoisotopic (exact) mass is 266 g/mol. The standard InChI is InChI=1S/C17H15FN2/c1-19-9-14-8-12(6-7-17(14)18)16-11-20-10-13-4-2-3-5-15(13)16/h2-8,10-11,19H,9H2,1H3. The number of nitrogens with zero attached hydrogens (tertiary/aromatic N) is 1. The highest BCUT2D eigenvalue weighted by Crippen LogP contribution is 2.28. The number of rotatable bonds is 3. The second-order valence-electron chi connectivity index (χ2n) is 4.74. The summed E-state index contributed by atoms with van der Waals surface area (Å²) >= 11 is 0. The first-order valence-corrected chi connectivity index (χ1v) is 6.56. The van der Waals surface area contributed by atoms with Crippen molar-refractivity contribution in [2.45, 2.75) is 6.54 Å². The van der Waals surface area contributed by atoms with Gasteiger partial charge < -0.3 is 5.32 Å². The van der Waals surface area contributed by atoms with Crippen molar-refractivity contribution in [3.63, 3.8) is 0 Å². The minimum absolute atomic E-state index is 0.184. The van der Waals surface area contributed by atoms with Crippen LogP contribution < -0.4 is 5.32 Å². The van der Waals surface area contributed by atoms with Crippen LogP contribution in [0.2, 0.25) is 0 Å². The van der Waals surface area contributed by atoms with Gasteiger partial charge in [-0.05, 0) is 30.1 Å². The Morgan fingerprint density at radius 1 is 1.10 bits per heavy atom. The van der Waals surface area contributed by atoms with Crippen molar-refractivity contribution >= 4 is 10.8 Å². The molecule has 20 heavy (non-hydrogen) atoms. The van der Waals surface area contributed by atoms with E-state index in [9.17, 15) is 4.39 Å². The first-order valence-electron chi connectivity index (χ1n) is 6.56. The van der Waals surface area contributed by atoms with Crippen molar-refractivity contribution in [1.29, 1.82) is 0 Å². The maximum absolute atomic E-state index is 13.7. The van der Waals surface area contributed by atoms with Gasteiger partial charge in [0.15, 0.2) is 0 Å². The molecule has 0 atom stereocenters. The number of fused-ring (bicyclic) bond motifs is 1. The van der Waals surface area contributed by atoms with Crippen LogP contribution in [0.1, 0.15) is 5.56 Å². The Labute approximate surface area is 117 Å². The maximum atomic E-state index is 13.7. The fourth-order valence-electron chi connectivity index (χ4n) is 2.41. The molecule has 0 aliphatic heterocycles. The number of hydrogen-bond donors (Lipinski definition) is 1. The third-order valence-corrected chi connectivity index (χ3v) is 3.39. The highest BCUT2D eigenvalue weighted by molar-refractivity contribution is 5.95. The van der Waals surface area contributed by atoms with Gasteiger partial charge in [0.1, 0.15) is 5.82 Å². The molecule has 100 valence electrons. The normalized spacial score (nSPS) is 10.9. The van der Waals surface area contributed by atoms with Crippen molar-refractivity contribution in [3.8, 4) is 11.1 Å². The fourth-order valence-corrected chi connectivity index (χ4v) is 2.41. The van der Waals surface area contributed by atoms with Gasteiger partial charge in [-0.3, -0.25) is 4.98 Å². The molecule has 0 bridgehead atoms. The molecule has 2 aromatic carbocycles. The lowest BCUT2D eigenvalue weighted by Gasteiger charge is -2.09. The third kappa shape index (κ3) is 2.28. The van der Waals surface area contributed by atoms with Crippen molar-refractivity contribution in [1.82, 2.24) is 10.3 Å². The van der Waals surface area contributed by atoms with E-state index in [1.807, 2.05) is 43.7 Å². The largest absolute Gasteiger partial charge is 0.316 e. The lowest BCUT2D eigenvalue weighted by molar-refractivity contribution is 0.601. The zero-order valence-corrected chi connectivity index (χ0v) is 11.2. The summed E-state index contributed by atoms with van der Waals surface area (Å²) in [4.78, 5) is 4.28. The second kappa shape index (κ2) is 5.39. The summed E-state index contributed by atoms with van der Waals surface area (Å²) in [7, 11) is 1.81. The molecule has 0 aliphatic rings. The van der Waals surface area contributed by atoms with E-state index < -0.39 is 0 Å². The molecule has 1 N–H and O–H groups in total. The molecule has 3 heteroatoms. The molecule has 0 saturated heterocycles. The predicted molar refractivity (Wildman–Crippen MR) is 79.9 cm³/mol. The molecule has 2 nitrogen and oxygen atoms in total. The zero-order chi connectivity index (χ0) is 13.9. The van der Waals surface area contributed by atoms with Crippen molar-refractivity contribution in [3.05, 3.63) is 66.2 Å². The Hall–Kier alpha value is -2.26. The van der Waals surface area contributed by atoms with Crippen LogP contribution in [0.25, 0.3) is 21.9 Å². The van der Waals surface area contributed by atoms with Crippen molar-refractivity contribution < 1.29 is 4.39 Å². The third-order valence-electron chi connectivity index (χ3n) is 3.39. The van der Waals surface area contributed by atoms with E-state index in [0.29, 0.717) is 12.1 Å². The van der Waals surface area contributed by atoms with Crippen molar-refractivity contribution in [2.24, 2.45) is 0 Å².